The SMILES string of the molecule is CNCc1cc(Br)cnc1N1CCC(COC)CC1. The van der Waals surface area contributed by atoms with Crippen molar-refractivity contribution in [2.45, 2.75) is 19.4 Å². The molecule has 1 aliphatic rings. The Bertz CT molecular complexity index is 406. The molecule has 0 aromatic carbocycles. The lowest BCUT2D eigenvalue weighted by Gasteiger charge is -2.33. The third-order valence-corrected chi connectivity index (χ3v) is 4.03. The topological polar surface area (TPSA) is 37.4 Å². The maximum absolute atomic E-state index is 5.25. The van der Waals surface area contributed by atoms with E-state index in [1.165, 1.54) is 18.4 Å². The highest BCUT2D eigenvalue weighted by Crippen LogP contribution is 2.26. The number of nitrogens with one attached hydrogen (secondary N) is 1. The van der Waals surface area contributed by atoms with Crippen LogP contribution < -0.4 is 10.2 Å². The van der Waals surface area contributed by atoms with Crippen LogP contribution in [0.5, 0.6) is 0 Å². The number of rotatable bonds is 5. The van der Waals surface area contributed by atoms with E-state index in [9.17, 15) is 0 Å². The lowest BCUT2D eigenvalue weighted by Crippen LogP contribution is -2.36. The molecule has 0 bridgehead atoms. The highest BCUT2D eigenvalue weighted by molar-refractivity contribution is 9.10. The van der Waals surface area contributed by atoms with Gasteiger partial charge in [-0.3, -0.25) is 0 Å². The molecular weight excluding hydrogens is 306 g/mol. The highest BCUT2D eigenvalue weighted by Gasteiger charge is 2.21. The summed E-state index contributed by atoms with van der Waals surface area (Å²) in [6, 6.07) is 2.15. The number of anilines is 1. The van der Waals surface area contributed by atoms with E-state index < -0.39 is 0 Å². The Morgan fingerprint density at radius 3 is 2.84 bits per heavy atom. The van der Waals surface area contributed by atoms with Crippen molar-refractivity contribution in [3.05, 3.63) is 22.3 Å². The van der Waals surface area contributed by atoms with Gasteiger partial charge in [0.1, 0.15) is 5.82 Å². The second-order valence-electron chi connectivity index (χ2n) is 5.05. The maximum Gasteiger partial charge on any atom is 0.133 e. The summed E-state index contributed by atoms with van der Waals surface area (Å²) in [5.74, 6) is 1.82. The first-order chi connectivity index (χ1) is 9.24. The quantitative estimate of drug-likeness (QED) is 0.901. The molecule has 2 rings (SSSR count). The molecule has 1 N–H and O–H groups in total. The van der Waals surface area contributed by atoms with Gasteiger partial charge in [0.2, 0.25) is 0 Å². The molecule has 0 radical (unpaired) electrons. The molecule has 0 aliphatic carbocycles. The zero-order valence-corrected chi connectivity index (χ0v) is 13.2. The summed E-state index contributed by atoms with van der Waals surface area (Å²) in [4.78, 5) is 6.99. The summed E-state index contributed by atoms with van der Waals surface area (Å²) >= 11 is 3.50. The number of pyridine rings is 1. The first kappa shape index (κ1) is 14.8. The molecule has 19 heavy (non-hydrogen) atoms. The van der Waals surface area contributed by atoms with Crippen molar-refractivity contribution in [2.75, 3.05) is 38.8 Å². The normalized spacial score (nSPS) is 16.9. The Morgan fingerprint density at radius 1 is 1.47 bits per heavy atom. The van der Waals surface area contributed by atoms with E-state index >= 15 is 0 Å². The van der Waals surface area contributed by atoms with Crippen molar-refractivity contribution >= 4 is 21.7 Å². The zero-order valence-electron chi connectivity index (χ0n) is 11.7. The number of aromatic nitrogens is 1. The van der Waals surface area contributed by atoms with Crippen LogP contribution in [0.3, 0.4) is 0 Å². The summed E-state index contributed by atoms with van der Waals surface area (Å²) in [7, 11) is 3.75. The third-order valence-electron chi connectivity index (χ3n) is 3.59. The predicted molar refractivity (Wildman–Crippen MR) is 81.5 cm³/mol. The Kier molecular flexibility index (Phi) is 5.60. The second-order valence-corrected chi connectivity index (χ2v) is 5.97. The van der Waals surface area contributed by atoms with Gasteiger partial charge in [0.15, 0.2) is 0 Å². The van der Waals surface area contributed by atoms with Gasteiger partial charge < -0.3 is 15.0 Å². The van der Waals surface area contributed by atoms with Crippen LogP contribution in [0.2, 0.25) is 0 Å². The van der Waals surface area contributed by atoms with Gasteiger partial charge in [0.05, 0.1) is 0 Å². The Balaban J connectivity index is 2.06. The minimum atomic E-state index is 0.699. The van der Waals surface area contributed by atoms with Crippen molar-refractivity contribution in [3.8, 4) is 0 Å². The molecule has 1 saturated heterocycles. The lowest BCUT2D eigenvalue weighted by atomic mass is 9.97. The minimum absolute atomic E-state index is 0.699. The number of ether oxygens (including phenoxy) is 1. The summed E-state index contributed by atoms with van der Waals surface area (Å²) < 4.78 is 6.29. The Labute approximate surface area is 123 Å². The van der Waals surface area contributed by atoms with Crippen LogP contribution >= 0.6 is 15.9 Å². The van der Waals surface area contributed by atoms with Crippen LogP contribution in [0.4, 0.5) is 5.82 Å². The average molecular weight is 328 g/mol. The van der Waals surface area contributed by atoms with Crippen LogP contribution in [-0.4, -0.2) is 38.8 Å². The van der Waals surface area contributed by atoms with E-state index in [2.05, 4.69) is 37.2 Å². The fraction of sp³-hybridized carbons (Fsp3) is 0.643. The smallest absolute Gasteiger partial charge is 0.133 e. The molecule has 106 valence electrons. The molecular formula is C14H22BrN3O. The lowest BCUT2D eigenvalue weighted by molar-refractivity contribution is 0.139. The standard InChI is InChI=1S/C14H22BrN3O/c1-16-8-12-7-13(15)9-17-14(12)18-5-3-11(4-6-18)10-19-2/h7,9,11,16H,3-6,8,10H2,1-2H3. The minimum Gasteiger partial charge on any atom is -0.384 e. The molecule has 4 nitrogen and oxygen atoms in total. The number of hydrogen-bond donors (Lipinski definition) is 1. The molecule has 0 unspecified atom stereocenters. The molecule has 0 atom stereocenters. The van der Waals surface area contributed by atoms with Crippen molar-refractivity contribution in [1.29, 1.82) is 0 Å². The predicted octanol–water partition coefficient (Wildman–Crippen LogP) is 2.43. The summed E-state index contributed by atoms with van der Waals surface area (Å²) in [6.07, 6.45) is 4.25. The van der Waals surface area contributed by atoms with Gasteiger partial charge in [-0.2, -0.15) is 0 Å². The molecule has 1 aromatic rings. The van der Waals surface area contributed by atoms with Gasteiger partial charge in [0, 0.05) is 49.6 Å². The number of hydrogen-bond acceptors (Lipinski definition) is 4. The average Bonchev–Trinajstić information content (AvgIpc) is 2.41. The van der Waals surface area contributed by atoms with Gasteiger partial charge in [-0.1, -0.05) is 0 Å². The molecule has 2 heterocycles. The van der Waals surface area contributed by atoms with Gasteiger partial charge in [0.25, 0.3) is 0 Å². The van der Waals surface area contributed by atoms with Gasteiger partial charge in [-0.15, -0.1) is 0 Å². The van der Waals surface area contributed by atoms with Gasteiger partial charge in [-0.05, 0) is 47.8 Å². The Hall–Kier alpha value is -0.650. The maximum atomic E-state index is 5.25. The van der Waals surface area contributed by atoms with Crippen molar-refractivity contribution < 1.29 is 4.74 Å². The van der Waals surface area contributed by atoms with Crippen molar-refractivity contribution in [3.63, 3.8) is 0 Å². The van der Waals surface area contributed by atoms with E-state index in [1.807, 2.05) is 13.2 Å². The summed E-state index contributed by atoms with van der Waals surface area (Å²) in [5.41, 5.74) is 1.25. The van der Waals surface area contributed by atoms with Crippen molar-refractivity contribution in [1.82, 2.24) is 10.3 Å². The second kappa shape index (κ2) is 7.22. The van der Waals surface area contributed by atoms with Crippen LogP contribution in [-0.2, 0) is 11.3 Å². The molecule has 1 aliphatic heterocycles. The molecule has 1 fully saturated rings. The van der Waals surface area contributed by atoms with E-state index in [0.29, 0.717) is 5.92 Å². The largest absolute Gasteiger partial charge is 0.384 e. The molecule has 5 heteroatoms. The monoisotopic (exact) mass is 327 g/mol. The van der Waals surface area contributed by atoms with E-state index in [0.717, 1.165) is 36.5 Å². The van der Waals surface area contributed by atoms with Crippen molar-refractivity contribution in [2.24, 2.45) is 5.92 Å². The summed E-state index contributed by atoms with van der Waals surface area (Å²) in [6.45, 7) is 3.86. The fourth-order valence-electron chi connectivity index (χ4n) is 2.63. The highest BCUT2D eigenvalue weighted by atomic mass is 79.9. The van der Waals surface area contributed by atoms with Crippen LogP contribution in [0.15, 0.2) is 16.7 Å². The molecule has 0 amide bonds. The zero-order chi connectivity index (χ0) is 13.7. The van der Waals surface area contributed by atoms with E-state index in [1.54, 1.807) is 7.11 Å². The fourth-order valence-corrected chi connectivity index (χ4v) is 3.01. The van der Waals surface area contributed by atoms with E-state index in [4.69, 9.17) is 4.74 Å². The molecule has 0 saturated carbocycles. The molecule has 1 aromatic heterocycles. The van der Waals surface area contributed by atoms with Crippen LogP contribution in [0.25, 0.3) is 0 Å². The first-order valence-corrected chi connectivity index (χ1v) is 7.56. The number of nitrogens with zero attached hydrogens (tertiary/aromatic N) is 2. The number of halogens is 1. The van der Waals surface area contributed by atoms with Gasteiger partial charge in [-0.25, -0.2) is 4.98 Å². The van der Waals surface area contributed by atoms with Crippen LogP contribution in [0, 0.1) is 5.92 Å². The Morgan fingerprint density at radius 2 is 2.21 bits per heavy atom. The third kappa shape index (κ3) is 3.91. The van der Waals surface area contributed by atoms with Crippen LogP contribution in [0.1, 0.15) is 18.4 Å². The number of methoxy groups -OCH3 is 1. The first-order valence-electron chi connectivity index (χ1n) is 6.77. The molecule has 0 spiro atoms. The number of piperidine rings is 1. The van der Waals surface area contributed by atoms with Gasteiger partial charge >= 0.3 is 0 Å². The van der Waals surface area contributed by atoms with E-state index in [-0.39, 0.29) is 0 Å². The summed E-state index contributed by atoms with van der Waals surface area (Å²) in [5, 5.41) is 3.21.